The summed E-state index contributed by atoms with van der Waals surface area (Å²) < 4.78 is 40.4. The molecule has 0 aromatic heterocycles. The fourth-order valence-corrected chi connectivity index (χ4v) is 5.64. The van der Waals surface area contributed by atoms with Crippen LogP contribution < -0.4 is 20.1 Å². The fraction of sp³-hybridized carbons (Fsp3) is 0.312. The average molecular weight is 641 g/mol. The van der Waals surface area contributed by atoms with Gasteiger partial charge in [0.05, 0.1) is 19.8 Å². The Labute approximate surface area is 265 Å². The number of hydrogen-bond acceptors (Lipinski definition) is 8. The number of nitrogens with zero attached hydrogens (tertiary/aromatic N) is 1. The highest BCUT2D eigenvalue weighted by Gasteiger charge is 2.21. The number of benzene rings is 3. The number of hydrogen-bond donors (Lipinski definition) is 4. The Hall–Kier alpha value is -4.00. The highest BCUT2D eigenvalue weighted by Crippen LogP contribution is 2.32. The Bertz CT molecular complexity index is 1560. The normalized spacial score (nSPS) is 12.0. The summed E-state index contributed by atoms with van der Waals surface area (Å²) in [5, 5.41) is 6.05. The maximum atomic E-state index is 13.5. The van der Waals surface area contributed by atoms with Crippen LogP contribution in [0.25, 0.3) is 11.1 Å². The number of carbonyl (C=O) groups excluding carboxylic acids is 2. The van der Waals surface area contributed by atoms with E-state index in [-0.39, 0.29) is 28.9 Å². The lowest BCUT2D eigenvalue weighted by atomic mass is 10.0. The monoisotopic (exact) mass is 640 g/mol. The van der Waals surface area contributed by atoms with Crippen LogP contribution in [0.4, 0.5) is 5.69 Å². The highest BCUT2D eigenvalue weighted by atomic mass is 32.2. The SMILES string of the molecule is CC/C=C\OC(S)CC(=O)NCCNCc1cccc(NS(=O)(=O)c2cc(-c3cccc(C(=O)N(C)C)c3)ccc2OC)c1. The number of ether oxygens (including phenoxy) is 2. The fourth-order valence-electron chi connectivity index (χ4n) is 4.16. The van der Waals surface area contributed by atoms with Gasteiger partial charge >= 0.3 is 0 Å². The molecule has 12 heteroatoms. The molecule has 0 aliphatic rings. The van der Waals surface area contributed by atoms with Gasteiger partial charge in [-0.05, 0) is 59.5 Å². The van der Waals surface area contributed by atoms with E-state index in [1.54, 1.807) is 68.9 Å². The Morgan fingerprint density at radius 2 is 1.75 bits per heavy atom. The number of sulfonamides is 1. The van der Waals surface area contributed by atoms with Gasteiger partial charge in [0.25, 0.3) is 15.9 Å². The van der Waals surface area contributed by atoms with Gasteiger partial charge in [-0.15, -0.1) is 12.6 Å². The van der Waals surface area contributed by atoms with Crippen LogP contribution in [0.1, 0.15) is 35.7 Å². The van der Waals surface area contributed by atoms with E-state index in [1.165, 1.54) is 18.1 Å². The lowest BCUT2D eigenvalue weighted by molar-refractivity contribution is -0.122. The molecule has 0 aliphatic carbocycles. The van der Waals surface area contributed by atoms with E-state index in [1.807, 2.05) is 25.1 Å². The third-order valence-corrected chi connectivity index (χ3v) is 8.07. The van der Waals surface area contributed by atoms with Crippen molar-refractivity contribution in [2.45, 2.75) is 36.6 Å². The molecular weight excluding hydrogens is 601 g/mol. The number of rotatable bonds is 16. The molecule has 1 unspecified atom stereocenters. The third kappa shape index (κ3) is 10.3. The molecule has 3 aromatic rings. The molecule has 0 saturated heterocycles. The summed E-state index contributed by atoms with van der Waals surface area (Å²) in [6.45, 7) is 3.38. The molecule has 10 nitrogen and oxygen atoms in total. The van der Waals surface area contributed by atoms with Crippen LogP contribution in [0.5, 0.6) is 5.75 Å². The van der Waals surface area contributed by atoms with Crippen molar-refractivity contribution in [2.24, 2.45) is 0 Å². The van der Waals surface area contributed by atoms with Crippen molar-refractivity contribution < 1.29 is 27.5 Å². The number of nitrogens with one attached hydrogen (secondary N) is 3. The van der Waals surface area contributed by atoms with Crippen molar-refractivity contribution in [2.75, 3.05) is 39.0 Å². The van der Waals surface area contributed by atoms with Gasteiger partial charge in [0.2, 0.25) is 5.91 Å². The number of carbonyl (C=O) groups is 2. The first-order valence-corrected chi connectivity index (χ1v) is 16.1. The molecule has 3 N–H and O–H groups in total. The number of thiol groups is 1. The van der Waals surface area contributed by atoms with Gasteiger partial charge in [0.1, 0.15) is 16.1 Å². The van der Waals surface area contributed by atoms with Gasteiger partial charge in [0, 0.05) is 45.0 Å². The maximum Gasteiger partial charge on any atom is 0.265 e. The summed E-state index contributed by atoms with van der Waals surface area (Å²) in [5.41, 5.74) is 2.55. The minimum Gasteiger partial charge on any atom is -0.495 e. The van der Waals surface area contributed by atoms with Crippen molar-refractivity contribution in [3.05, 3.63) is 90.2 Å². The minimum absolute atomic E-state index is 0.0312. The minimum atomic E-state index is -4.04. The van der Waals surface area contributed by atoms with Crippen LogP contribution in [-0.4, -0.2) is 64.9 Å². The second kappa shape index (κ2) is 16.7. The largest absolute Gasteiger partial charge is 0.495 e. The first-order valence-electron chi connectivity index (χ1n) is 14.1. The Kier molecular flexibility index (Phi) is 13.1. The summed E-state index contributed by atoms with van der Waals surface area (Å²) in [6.07, 6.45) is 4.37. The third-order valence-electron chi connectivity index (χ3n) is 6.36. The van der Waals surface area contributed by atoms with E-state index in [4.69, 9.17) is 9.47 Å². The highest BCUT2D eigenvalue weighted by molar-refractivity contribution is 7.92. The van der Waals surface area contributed by atoms with Crippen LogP contribution in [0.2, 0.25) is 0 Å². The van der Waals surface area contributed by atoms with E-state index < -0.39 is 15.5 Å². The van der Waals surface area contributed by atoms with E-state index in [9.17, 15) is 18.0 Å². The van der Waals surface area contributed by atoms with E-state index in [0.29, 0.717) is 42.0 Å². The average Bonchev–Trinajstić information content (AvgIpc) is 3.00. The second-order valence-corrected chi connectivity index (χ2v) is 12.3. The molecule has 0 spiro atoms. The molecule has 3 rings (SSSR count). The molecule has 0 saturated carbocycles. The van der Waals surface area contributed by atoms with Crippen LogP contribution in [0, 0.1) is 0 Å². The molecule has 44 heavy (non-hydrogen) atoms. The van der Waals surface area contributed by atoms with E-state index in [2.05, 4.69) is 28.0 Å². The van der Waals surface area contributed by atoms with Gasteiger partial charge in [-0.2, -0.15) is 0 Å². The first kappa shape index (κ1) is 34.5. The molecule has 0 radical (unpaired) electrons. The molecule has 236 valence electrons. The maximum absolute atomic E-state index is 13.5. The van der Waals surface area contributed by atoms with Gasteiger partial charge < -0.3 is 25.0 Å². The molecule has 0 fully saturated rings. The van der Waals surface area contributed by atoms with Crippen LogP contribution in [0.15, 0.2) is 84.0 Å². The van der Waals surface area contributed by atoms with Gasteiger partial charge in [-0.25, -0.2) is 8.42 Å². The Balaban J connectivity index is 1.63. The van der Waals surface area contributed by atoms with Crippen LogP contribution >= 0.6 is 12.6 Å². The van der Waals surface area contributed by atoms with Crippen molar-refractivity contribution in [3.8, 4) is 16.9 Å². The van der Waals surface area contributed by atoms with Crippen molar-refractivity contribution in [3.63, 3.8) is 0 Å². The van der Waals surface area contributed by atoms with Crippen molar-refractivity contribution in [1.82, 2.24) is 15.5 Å². The molecule has 1 atom stereocenters. The summed E-state index contributed by atoms with van der Waals surface area (Å²) in [6, 6.07) is 18.9. The zero-order valence-electron chi connectivity index (χ0n) is 25.4. The van der Waals surface area contributed by atoms with E-state index in [0.717, 1.165) is 12.0 Å². The standard InChI is InChI=1S/C32H40N4O6S2/c1-5-6-17-42-31(43)21-30(37)34-16-15-33-22-23-9-7-12-27(18-23)35-44(39,40)29-20-25(13-14-28(29)41-4)24-10-8-11-26(19-24)32(38)36(2)3/h6-14,17-20,31,33,35,43H,5,15-16,21-22H2,1-4H3,(H,34,37)/b17-6-. The number of amides is 2. The van der Waals surface area contributed by atoms with Crippen molar-refractivity contribution in [1.29, 1.82) is 0 Å². The number of allylic oxidation sites excluding steroid dienone is 1. The number of anilines is 1. The molecule has 3 aromatic carbocycles. The van der Waals surface area contributed by atoms with Gasteiger partial charge in [-0.3, -0.25) is 14.3 Å². The van der Waals surface area contributed by atoms with Gasteiger partial charge in [0.15, 0.2) is 0 Å². The topological polar surface area (TPSA) is 126 Å². The Morgan fingerprint density at radius 3 is 2.48 bits per heavy atom. The molecule has 0 bridgehead atoms. The quantitative estimate of drug-likeness (QED) is 0.0777. The summed E-state index contributed by atoms with van der Waals surface area (Å²) in [7, 11) is 0.722. The zero-order valence-corrected chi connectivity index (χ0v) is 27.1. The lowest BCUT2D eigenvalue weighted by Crippen LogP contribution is -2.33. The molecule has 0 heterocycles. The first-order chi connectivity index (χ1) is 21.0. The van der Waals surface area contributed by atoms with E-state index >= 15 is 0 Å². The summed E-state index contributed by atoms with van der Waals surface area (Å²) in [5.74, 6) is -0.126. The van der Waals surface area contributed by atoms with Gasteiger partial charge in [-0.1, -0.05) is 43.3 Å². The van der Waals surface area contributed by atoms with Crippen molar-refractivity contribution >= 4 is 40.2 Å². The smallest absolute Gasteiger partial charge is 0.265 e. The predicted octanol–water partition coefficient (Wildman–Crippen LogP) is 4.66. The lowest BCUT2D eigenvalue weighted by Gasteiger charge is -2.15. The van der Waals surface area contributed by atoms with Crippen LogP contribution in [-0.2, 0) is 26.1 Å². The van der Waals surface area contributed by atoms with Crippen LogP contribution in [0.3, 0.4) is 0 Å². The molecule has 2 amide bonds. The molecular formula is C32H40N4O6S2. The second-order valence-electron chi connectivity index (χ2n) is 10.1. The summed E-state index contributed by atoms with van der Waals surface area (Å²) >= 11 is 4.25. The summed E-state index contributed by atoms with van der Waals surface area (Å²) in [4.78, 5) is 26.0. The predicted molar refractivity (Wildman–Crippen MR) is 176 cm³/mol. The Morgan fingerprint density at radius 1 is 1.00 bits per heavy atom. The molecule has 0 aliphatic heterocycles. The number of methoxy groups -OCH3 is 1. The zero-order chi connectivity index (χ0) is 32.1.